The van der Waals surface area contributed by atoms with Gasteiger partial charge >= 0.3 is 0 Å². The molecule has 1 aromatic rings. The van der Waals surface area contributed by atoms with E-state index in [1.807, 2.05) is 6.26 Å². The van der Waals surface area contributed by atoms with E-state index in [-0.39, 0.29) is 4.90 Å². The summed E-state index contributed by atoms with van der Waals surface area (Å²) in [6.07, 6.45) is 1.91. The van der Waals surface area contributed by atoms with Crippen molar-refractivity contribution in [3.8, 4) is 0 Å². The first-order valence-corrected chi connectivity index (χ1v) is 8.01. The van der Waals surface area contributed by atoms with Crippen LogP contribution in [0.3, 0.4) is 0 Å². The maximum atomic E-state index is 13.1. The standard InChI is InChI=1S/C11H16FNO2S2/c1-8-6-10(12)7-9(2)11(8)17(14,15)13-4-5-16-3/h6-7,13H,4-5H2,1-3H3. The summed E-state index contributed by atoms with van der Waals surface area (Å²) in [7, 11) is -3.54. The summed E-state index contributed by atoms with van der Waals surface area (Å²) in [4.78, 5) is 0.181. The van der Waals surface area contributed by atoms with Crippen LogP contribution in [0.2, 0.25) is 0 Å². The number of aryl methyl sites for hydroxylation is 2. The van der Waals surface area contributed by atoms with E-state index in [2.05, 4.69) is 4.72 Å². The molecule has 1 N–H and O–H groups in total. The Labute approximate surface area is 106 Å². The summed E-state index contributed by atoms with van der Waals surface area (Å²) in [5, 5.41) is 0. The first-order chi connectivity index (χ1) is 7.88. The second-order valence-corrected chi connectivity index (χ2v) is 6.45. The molecule has 6 heteroatoms. The number of nitrogens with one attached hydrogen (secondary N) is 1. The van der Waals surface area contributed by atoms with Crippen molar-refractivity contribution in [3.63, 3.8) is 0 Å². The monoisotopic (exact) mass is 277 g/mol. The Balaban J connectivity index is 3.07. The predicted molar refractivity (Wildman–Crippen MR) is 69.4 cm³/mol. The highest BCUT2D eigenvalue weighted by Crippen LogP contribution is 2.21. The van der Waals surface area contributed by atoms with E-state index in [1.54, 1.807) is 25.6 Å². The average Bonchev–Trinajstić information content (AvgIpc) is 2.15. The van der Waals surface area contributed by atoms with Gasteiger partial charge in [0.1, 0.15) is 5.82 Å². The van der Waals surface area contributed by atoms with Gasteiger partial charge in [-0.2, -0.15) is 11.8 Å². The number of rotatable bonds is 5. The van der Waals surface area contributed by atoms with Gasteiger partial charge < -0.3 is 0 Å². The van der Waals surface area contributed by atoms with Crippen LogP contribution < -0.4 is 4.72 Å². The molecule has 0 unspecified atom stereocenters. The molecule has 17 heavy (non-hydrogen) atoms. The van der Waals surface area contributed by atoms with Crippen molar-refractivity contribution in [1.29, 1.82) is 0 Å². The van der Waals surface area contributed by atoms with Crippen molar-refractivity contribution in [2.75, 3.05) is 18.6 Å². The van der Waals surface area contributed by atoms with Crippen LogP contribution >= 0.6 is 11.8 Å². The molecule has 0 spiro atoms. The van der Waals surface area contributed by atoms with Gasteiger partial charge in [0.15, 0.2) is 0 Å². The zero-order valence-electron chi connectivity index (χ0n) is 10.1. The summed E-state index contributed by atoms with van der Waals surface area (Å²) in [6.45, 7) is 3.57. The smallest absolute Gasteiger partial charge is 0.210 e. The van der Waals surface area contributed by atoms with Gasteiger partial charge in [0, 0.05) is 12.3 Å². The second kappa shape index (κ2) is 5.84. The molecule has 0 aliphatic carbocycles. The van der Waals surface area contributed by atoms with Gasteiger partial charge in [-0.05, 0) is 43.4 Å². The second-order valence-electron chi connectivity index (χ2n) is 3.76. The van der Waals surface area contributed by atoms with Gasteiger partial charge in [0.25, 0.3) is 0 Å². The van der Waals surface area contributed by atoms with E-state index in [0.29, 0.717) is 23.4 Å². The Bertz CT molecular complexity index is 477. The molecule has 96 valence electrons. The maximum absolute atomic E-state index is 13.1. The molecule has 0 aromatic heterocycles. The highest BCUT2D eigenvalue weighted by Gasteiger charge is 2.19. The molecule has 0 aliphatic rings. The summed E-state index contributed by atoms with van der Waals surface area (Å²) >= 11 is 1.56. The lowest BCUT2D eigenvalue weighted by molar-refractivity contribution is 0.581. The zero-order valence-corrected chi connectivity index (χ0v) is 11.7. The Morgan fingerprint density at radius 2 is 1.82 bits per heavy atom. The van der Waals surface area contributed by atoms with Gasteiger partial charge in [-0.1, -0.05) is 0 Å². The van der Waals surface area contributed by atoms with E-state index in [1.165, 1.54) is 12.1 Å². The van der Waals surface area contributed by atoms with Crippen molar-refractivity contribution in [3.05, 3.63) is 29.1 Å². The molecule has 1 aromatic carbocycles. The number of sulfonamides is 1. The van der Waals surface area contributed by atoms with Crippen LogP contribution in [-0.2, 0) is 10.0 Å². The highest BCUT2D eigenvalue weighted by molar-refractivity contribution is 7.98. The Kier molecular flexibility index (Phi) is 4.97. The van der Waals surface area contributed by atoms with Crippen LogP contribution in [0, 0.1) is 19.7 Å². The van der Waals surface area contributed by atoms with Gasteiger partial charge in [-0.25, -0.2) is 17.5 Å². The van der Waals surface area contributed by atoms with Crippen molar-refractivity contribution < 1.29 is 12.8 Å². The van der Waals surface area contributed by atoms with E-state index < -0.39 is 15.8 Å². The van der Waals surface area contributed by atoms with Crippen LogP contribution in [0.4, 0.5) is 4.39 Å². The SMILES string of the molecule is CSCCNS(=O)(=O)c1c(C)cc(F)cc1C. The maximum Gasteiger partial charge on any atom is 0.241 e. The summed E-state index contributed by atoms with van der Waals surface area (Å²) < 4.78 is 39.6. The average molecular weight is 277 g/mol. The molecule has 0 fully saturated rings. The fourth-order valence-electron chi connectivity index (χ4n) is 1.67. The summed E-state index contributed by atoms with van der Waals surface area (Å²) in [5.74, 6) is 0.293. The molecule has 0 aliphatic heterocycles. The van der Waals surface area contributed by atoms with Gasteiger partial charge in [0.2, 0.25) is 10.0 Å². The fourth-order valence-corrected chi connectivity index (χ4v) is 3.59. The van der Waals surface area contributed by atoms with Crippen molar-refractivity contribution in [2.24, 2.45) is 0 Å². The number of benzene rings is 1. The Morgan fingerprint density at radius 1 is 1.29 bits per heavy atom. The molecular weight excluding hydrogens is 261 g/mol. The van der Waals surface area contributed by atoms with Crippen LogP contribution in [0.5, 0.6) is 0 Å². The lowest BCUT2D eigenvalue weighted by Crippen LogP contribution is -2.27. The minimum atomic E-state index is -3.54. The largest absolute Gasteiger partial charge is 0.241 e. The highest BCUT2D eigenvalue weighted by atomic mass is 32.2. The summed E-state index contributed by atoms with van der Waals surface area (Å²) in [5.41, 5.74) is 0.860. The molecule has 0 radical (unpaired) electrons. The number of thioether (sulfide) groups is 1. The third-order valence-corrected chi connectivity index (χ3v) is 4.67. The first kappa shape index (κ1) is 14.5. The quantitative estimate of drug-likeness (QED) is 0.838. The summed E-state index contributed by atoms with van der Waals surface area (Å²) in [6, 6.07) is 2.46. The van der Waals surface area contributed by atoms with Crippen LogP contribution in [0.15, 0.2) is 17.0 Å². The van der Waals surface area contributed by atoms with Crippen molar-refractivity contribution in [1.82, 2.24) is 4.72 Å². The van der Waals surface area contributed by atoms with E-state index in [4.69, 9.17) is 0 Å². The molecule has 0 saturated heterocycles. The lowest BCUT2D eigenvalue weighted by Gasteiger charge is -2.11. The lowest BCUT2D eigenvalue weighted by atomic mass is 10.1. The third-order valence-electron chi connectivity index (χ3n) is 2.29. The molecule has 3 nitrogen and oxygen atoms in total. The van der Waals surface area contributed by atoms with Crippen LogP contribution in [0.25, 0.3) is 0 Å². The fraction of sp³-hybridized carbons (Fsp3) is 0.455. The molecule has 0 atom stereocenters. The van der Waals surface area contributed by atoms with Gasteiger partial charge in [0.05, 0.1) is 4.90 Å². The topological polar surface area (TPSA) is 46.2 Å². The number of hydrogen-bond acceptors (Lipinski definition) is 3. The normalized spacial score (nSPS) is 11.8. The predicted octanol–water partition coefficient (Wildman–Crippen LogP) is 2.08. The number of halogens is 1. The van der Waals surface area contributed by atoms with Crippen LogP contribution in [0.1, 0.15) is 11.1 Å². The molecule has 0 heterocycles. The first-order valence-electron chi connectivity index (χ1n) is 5.14. The molecular formula is C11H16FNO2S2. The molecule has 0 amide bonds. The number of hydrogen-bond donors (Lipinski definition) is 1. The zero-order chi connectivity index (χ0) is 13.1. The van der Waals surface area contributed by atoms with E-state index >= 15 is 0 Å². The van der Waals surface area contributed by atoms with Gasteiger partial charge in [-0.15, -0.1) is 0 Å². The van der Waals surface area contributed by atoms with Crippen LogP contribution in [-0.4, -0.2) is 27.0 Å². The minimum absolute atomic E-state index is 0.181. The minimum Gasteiger partial charge on any atom is -0.210 e. The molecule has 1 rings (SSSR count). The van der Waals surface area contributed by atoms with Crippen molar-refractivity contribution >= 4 is 21.8 Å². The van der Waals surface area contributed by atoms with Crippen molar-refractivity contribution in [2.45, 2.75) is 18.7 Å². The molecule has 0 saturated carbocycles. The van der Waals surface area contributed by atoms with Gasteiger partial charge in [-0.3, -0.25) is 0 Å². The Morgan fingerprint density at radius 3 is 2.29 bits per heavy atom. The third kappa shape index (κ3) is 3.69. The van der Waals surface area contributed by atoms with E-state index in [9.17, 15) is 12.8 Å². The van der Waals surface area contributed by atoms with E-state index in [0.717, 1.165) is 0 Å². The Hall–Kier alpha value is -0.590. The molecule has 0 bridgehead atoms.